The number of rotatable bonds is 4. The first-order chi connectivity index (χ1) is 14.6. The lowest BCUT2D eigenvalue weighted by molar-refractivity contribution is -0.0471. The Hall–Kier alpha value is -3.09. The lowest BCUT2D eigenvalue weighted by atomic mass is 9.46. The van der Waals surface area contributed by atoms with Gasteiger partial charge in [-0.15, -0.1) is 10.2 Å². The Morgan fingerprint density at radius 2 is 1.90 bits per heavy atom. The molecule has 4 bridgehead atoms. The topological polar surface area (TPSA) is 93.8 Å². The molecule has 7 rings (SSSR count). The van der Waals surface area contributed by atoms with E-state index < -0.39 is 0 Å². The summed E-state index contributed by atoms with van der Waals surface area (Å²) in [5.74, 6) is 2.29. The zero-order valence-corrected chi connectivity index (χ0v) is 16.6. The fourth-order valence-corrected chi connectivity index (χ4v) is 6.50. The molecule has 7 nitrogen and oxygen atoms in total. The van der Waals surface area contributed by atoms with Crippen molar-refractivity contribution >= 4 is 5.91 Å². The summed E-state index contributed by atoms with van der Waals surface area (Å²) < 4.78 is 6.20. The van der Waals surface area contributed by atoms with Gasteiger partial charge in [-0.1, -0.05) is 6.07 Å². The first-order valence-electron chi connectivity index (χ1n) is 10.6. The maximum absolute atomic E-state index is 12.9. The van der Waals surface area contributed by atoms with Crippen LogP contribution in [0.5, 0.6) is 0 Å². The molecule has 0 spiro atoms. The number of nitrogens with one attached hydrogen (secondary N) is 1. The van der Waals surface area contributed by atoms with Crippen molar-refractivity contribution in [1.29, 1.82) is 0 Å². The molecule has 1 N–H and O–H groups in total. The van der Waals surface area contributed by atoms with Crippen LogP contribution in [0.25, 0.3) is 11.5 Å². The molecule has 30 heavy (non-hydrogen) atoms. The van der Waals surface area contributed by atoms with Gasteiger partial charge in [-0.05, 0) is 74.6 Å². The maximum Gasteiger partial charge on any atom is 0.270 e. The van der Waals surface area contributed by atoms with Gasteiger partial charge in [0.1, 0.15) is 5.69 Å². The van der Waals surface area contributed by atoms with Crippen LogP contribution in [0.2, 0.25) is 0 Å². The molecule has 4 aliphatic rings. The first-order valence-corrected chi connectivity index (χ1v) is 10.6. The van der Waals surface area contributed by atoms with Crippen molar-refractivity contribution in [1.82, 2.24) is 25.5 Å². The van der Waals surface area contributed by atoms with Gasteiger partial charge in [0, 0.05) is 24.1 Å². The van der Waals surface area contributed by atoms with Crippen LogP contribution < -0.4 is 5.32 Å². The summed E-state index contributed by atoms with van der Waals surface area (Å²) in [6.45, 7) is 0. The minimum absolute atomic E-state index is 0.0886. The molecule has 2 unspecified atom stereocenters. The highest BCUT2D eigenvalue weighted by molar-refractivity contribution is 5.92. The summed E-state index contributed by atoms with van der Waals surface area (Å²) in [5, 5.41) is 12.2. The van der Waals surface area contributed by atoms with Gasteiger partial charge in [-0.2, -0.15) is 0 Å². The number of carbonyl (C=O) groups is 1. The van der Waals surface area contributed by atoms with Crippen molar-refractivity contribution in [2.24, 2.45) is 11.8 Å². The summed E-state index contributed by atoms with van der Waals surface area (Å²) >= 11 is 0. The number of hydrogen-bond acceptors (Lipinski definition) is 6. The van der Waals surface area contributed by atoms with Crippen molar-refractivity contribution in [2.75, 3.05) is 0 Å². The molecule has 3 aromatic rings. The Morgan fingerprint density at radius 1 is 1.03 bits per heavy atom. The van der Waals surface area contributed by atoms with Gasteiger partial charge in [-0.3, -0.25) is 14.8 Å². The zero-order chi connectivity index (χ0) is 20.2. The van der Waals surface area contributed by atoms with Gasteiger partial charge in [-0.25, -0.2) is 0 Å². The largest absolute Gasteiger partial charge is 0.420 e. The minimum Gasteiger partial charge on any atom is -0.420 e. The highest BCUT2D eigenvalue weighted by atomic mass is 16.4. The standard InChI is InChI=1S/C23H23N5O2/c29-19(18-5-1-2-7-25-18)26-23-11-15-8-16(12-23)10-22(9-15,14-23)21-28-27-20(30-21)17-4-3-6-24-13-17/h1-7,13,15-16H,8-12,14H2,(H,26,29). The predicted octanol–water partition coefficient (Wildman–Crippen LogP) is 3.55. The molecular weight excluding hydrogens is 378 g/mol. The molecule has 3 aromatic heterocycles. The van der Waals surface area contributed by atoms with Crippen LogP contribution in [0.4, 0.5) is 0 Å². The average molecular weight is 401 g/mol. The number of carbonyl (C=O) groups excluding carboxylic acids is 1. The number of pyridine rings is 2. The number of amides is 1. The van der Waals surface area contributed by atoms with E-state index >= 15 is 0 Å². The Labute approximate surface area is 174 Å². The van der Waals surface area contributed by atoms with Gasteiger partial charge >= 0.3 is 0 Å². The summed E-state index contributed by atoms with van der Waals surface area (Å²) in [7, 11) is 0. The molecule has 2 atom stereocenters. The van der Waals surface area contributed by atoms with Crippen molar-refractivity contribution in [3.05, 3.63) is 60.5 Å². The monoisotopic (exact) mass is 401 g/mol. The van der Waals surface area contributed by atoms with E-state index in [0.717, 1.165) is 37.7 Å². The fraction of sp³-hybridized carbons (Fsp3) is 0.435. The second-order valence-corrected chi connectivity index (χ2v) is 9.34. The summed E-state index contributed by atoms with van der Waals surface area (Å²) in [5.41, 5.74) is 0.925. The zero-order valence-electron chi connectivity index (χ0n) is 16.6. The van der Waals surface area contributed by atoms with Crippen molar-refractivity contribution in [2.45, 2.75) is 49.5 Å². The smallest absolute Gasteiger partial charge is 0.270 e. The highest BCUT2D eigenvalue weighted by Crippen LogP contribution is 2.62. The van der Waals surface area contributed by atoms with Crippen molar-refractivity contribution < 1.29 is 9.21 Å². The van der Waals surface area contributed by atoms with E-state index in [1.165, 1.54) is 6.42 Å². The van der Waals surface area contributed by atoms with Crippen LogP contribution in [0, 0.1) is 11.8 Å². The third-order valence-corrected chi connectivity index (χ3v) is 7.12. The first kappa shape index (κ1) is 17.7. The summed E-state index contributed by atoms with van der Waals surface area (Å²) in [4.78, 5) is 21.3. The molecule has 4 aliphatic carbocycles. The maximum atomic E-state index is 12.9. The fourth-order valence-electron chi connectivity index (χ4n) is 6.50. The molecule has 3 heterocycles. The van der Waals surface area contributed by atoms with E-state index in [1.807, 2.05) is 24.3 Å². The van der Waals surface area contributed by atoms with Gasteiger partial charge in [0.05, 0.1) is 11.0 Å². The molecule has 4 fully saturated rings. The van der Waals surface area contributed by atoms with Crippen LogP contribution in [0.15, 0.2) is 53.3 Å². The number of aromatic nitrogens is 4. The molecule has 4 saturated carbocycles. The number of nitrogens with zero attached hydrogens (tertiary/aromatic N) is 4. The molecule has 1 amide bonds. The lowest BCUT2D eigenvalue weighted by Crippen LogP contribution is -2.64. The summed E-state index contributed by atoms with van der Waals surface area (Å²) in [6.07, 6.45) is 11.4. The van der Waals surface area contributed by atoms with Crippen molar-refractivity contribution in [3.8, 4) is 11.5 Å². The Bertz CT molecular complexity index is 1070. The molecule has 7 heteroatoms. The van der Waals surface area contributed by atoms with Crippen LogP contribution >= 0.6 is 0 Å². The summed E-state index contributed by atoms with van der Waals surface area (Å²) in [6, 6.07) is 9.24. The molecular formula is C23H23N5O2. The normalized spacial score (nSPS) is 31.6. The Morgan fingerprint density at radius 3 is 2.63 bits per heavy atom. The lowest BCUT2D eigenvalue weighted by Gasteiger charge is -2.60. The van der Waals surface area contributed by atoms with E-state index in [0.29, 0.717) is 29.3 Å². The highest BCUT2D eigenvalue weighted by Gasteiger charge is 2.60. The predicted molar refractivity (Wildman–Crippen MR) is 108 cm³/mol. The van der Waals surface area contributed by atoms with Crippen LogP contribution in [-0.2, 0) is 5.41 Å². The molecule has 0 saturated heterocycles. The van der Waals surface area contributed by atoms with Crippen LogP contribution in [-0.4, -0.2) is 31.6 Å². The van der Waals surface area contributed by atoms with E-state index in [9.17, 15) is 4.79 Å². The second kappa shape index (κ2) is 6.45. The van der Waals surface area contributed by atoms with Crippen LogP contribution in [0.1, 0.15) is 54.9 Å². The minimum atomic E-state index is -0.221. The quantitative estimate of drug-likeness (QED) is 0.719. The van der Waals surface area contributed by atoms with E-state index in [-0.39, 0.29) is 16.9 Å². The van der Waals surface area contributed by atoms with Crippen LogP contribution in [0.3, 0.4) is 0 Å². The van der Waals surface area contributed by atoms with Crippen molar-refractivity contribution in [3.63, 3.8) is 0 Å². The number of hydrogen-bond donors (Lipinski definition) is 1. The molecule has 0 aliphatic heterocycles. The molecule has 152 valence electrons. The van der Waals surface area contributed by atoms with Gasteiger partial charge < -0.3 is 9.73 Å². The molecule has 0 radical (unpaired) electrons. The molecule has 0 aromatic carbocycles. The van der Waals surface area contributed by atoms with Gasteiger partial charge in [0.2, 0.25) is 11.8 Å². The third kappa shape index (κ3) is 2.83. The van der Waals surface area contributed by atoms with E-state index in [1.54, 1.807) is 24.7 Å². The van der Waals surface area contributed by atoms with Gasteiger partial charge in [0.25, 0.3) is 5.91 Å². The Balaban J connectivity index is 1.32. The van der Waals surface area contributed by atoms with E-state index in [4.69, 9.17) is 4.42 Å². The average Bonchev–Trinajstić information content (AvgIpc) is 3.25. The third-order valence-electron chi connectivity index (χ3n) is 7.12. The Kier molecular flexibility index (Phi) is 3.82. The van der Waals surface area contributed by atoms with E-state index in [2.05, 4.69) is 25.5 Å². The van der Waals surface area contributed by atoms with Gasteiger partial charge in [0.15, 0.2) is 0 Å². The SMILES string of the molecule is O=C(NC12CC3CC(C1)CC(c1nnc(-c4cccnc4)o1)(C3)C2)c1ccccn1. The second-order valence-electron chi connectivity index (χ2n) is 9.34.